The minimum atomic E-state index is -3.17. The fraction of sp³-hybridized carbons (Fsp3) is 0.556. The normalized spacial score (nSPS) is 21.0. The first-order valence-corrected chi connectivity index (χ1v) is 9.10. The summed E-state index contributed by atoms with van der Waals surface area (Å²) >= 11 is 4.94. The molecule has 1 atom stereocenters. The Kier molecular flexibility index (Phi) is 4.02. The Hall–Kier alpha value is -0.540. The molecule has 18 heavy (non-hydrogen) atoms. The summed E-state index contributed by atoms with van der Waals surface area (Å²) in [6, 6.07) is 0. The maximum atomic E-state index is 11.8. The van der Waals surface area contributed by atoms with Gasteiger partial charge in [0.2, 0.25) is 0 Å². The van der Waals surface area contributed by atoms with E-state index in [4.69, 9.17) is 5.73 Å². The van der Waals surface area contributed by atoms with Crippen LogP contribution in [0.25, 0.3) is 0 Å². The number of hydrogen-bond acceptors (Lipinski definition) is 7. The Labute approximate surface area is 118 Å². The van der Waals surface area contributed by atoms with E-state index in [2.05, 4.69) is 25.9 Å². The van der Waals surface area contributed by atoms with E-state index < -0.39 is 15.2 Å². The van der Waals surface area contributed by atoms with Crippen LogP contribution in [-0.2, 0) is 9.84 Å². The molecule has 1 aliphatic rings. The Balaban J connectivity index is 2.43. The minimum absolute atomic E-state index is 0.311. The second kappa shape index (κ2) is 5.22. The molecule has 6 nitrogen and oxygen atoms in total. The highest BCUT2D eigenvalue weighted by Crippen LogP contribution is 2.32. The lowest BCUT2D eigenvalue weighted by atomic mass is 10.4. The number of halogens is 1. The van der Waals surface area contributed by atoms with Crippen LogP contribution in [0.15, 0.2) is 10.8 Å². The van der Waals surface area contributed by atoms with E-state index in [-0.39, 0.29) is 0 Å². The Morgan fingerprint density at radius 3 is 2.94 bits per heavy atom. The summed E-state index contributed by atoms with van der Waals surface area (Å²) in [6.07, 6.45) is 2.59. The zero-order valence-corrected chi connectivity index (χ0v) is 12.9. The number of nitrogen functional groups attached to an aromatic ring is 1. The number of sulfone groups is 1. The van der Waals surface area contributed by atoms with Crippen LogP contribution in [0.2, 0.25) is 0 Å². The third-order valence-corrected chi connectivity index (χ3v) is 6.05. The van der Waals surface area contributed by atoms with E-state index >= 15 is 0 Å². The molecule has 1 unspecified atom stereocenters. The molecule has 1 fully saturated rings. The van der Waals surface area contributed by atoms with Gasteiger partial charge in [-0.05, 0) is 15.9 Å². The molecule has 0 aromatic carbocycles. The van der Waals surface area contributed by atoms with Crippen molar-refractivity contribution < 1.29 is 8.42 Å². The molecule has 0 spiro atoms. The van der Waals surface area contributed by atoms with Gasteiger partial charge in [0.1, 0.15) is 27.8 Å². The van der Waals surface area contributed by atoms with Crippen molar-refractivity contribution in [2.45, 2.75) is 5.37 Å². The first kappa shape index (κ1) is 13.9. The lowest BCUT2D eigenvalue weighted by Gasteiger charge is -2.35. The zero-order chi connectivity index (χ0) is 13.3. The standard InChI is InChI=1S/C9H13BrN4O2S2/c1-18(15,16)6-4-17-3-2-14(6)9-7(10)8(11)12-5-13-9/h5-6H,2-4H2,1H3,(H2,11,12,13). The maximum absolute atomic E-state index is 11.8. The van der Waals surface area contributed by atoms with Gasteiger partial charge in [0.05, 0.1) is 0 Å². The highest BCUT2D eigenvalue weighted by molar-refractivity contribution is 9.10. The van der Waals surface area contributed by atoms with Crippen molar-refractivity contribution in [1.29, 1.82) is 0 Å². The second-order valence-electron chi connectivity index (χ2n) is 3.95. The highest BCUT2D eigenvalue weighted by atomic mass is 79.9. The third-order valence-electron chi connectivity index (χ3n) is 2.65. The molecule has 0 aliphatic carbocycles. The molecule has 0 saturated carbocycles. The predicted molar refractivity (Wildman–Crippen MR) is 77.4 cm³/mol. The Morgan fingerprint density at radius 2 is 2.28 bits per heavy atom. The van der Waals surface area contributed by atoms with E-state index in [1.807, 2.05) is 0 Å². The first-order valence-electron chi connectivity index (χ1n) is 5.20. The lowest BCUT2D eigenvalue weighted by molar-refractivity contribution is 0.583. The van der Waals surface area contributed by atoms with E-state index in [9.17, 15) is 8.42 Å². The lowest BCUT2D eigenvalue weighted by Crippen LogP contribution is -2.47. The fourth-order valence-corrected chi connectivity index (χ4v) is 5.00. The first-order chi connectivity index (χ1) is 8.41. The predicted octanol–water partition coefficient (Wildman–Crippen LogP) is 0.745. The van der Waals surface area contributed by atoms with Gasteiger partial charge < -0.3 is 10.6 Å². The van der Waals surface area contributed by atoms with Crippen molar-refractivity contribution in [3.8, 4) is 0 Å². The van der Waals surface area contributed by atoms with Gasteiger partial charge in [-0.3, -0.25) is 0 Å². The number of anilines is 2. The Bertz CT molecular complexity index is 551. The summed E-state index contributed by atoms with van der Waals surface area (Å²) in [5, 5.41) is -0.568. The van der Waals surface area contributed by atoms with Crippen LogP contribution in [0.5, 0.6) is 0 Å². The van der Waals surface area contributed by atoms with Crippen LogP contribution in [-0.4, -0.2) is 48.1 Å². The average Bonchev–Trinajstić information content (AvgIpc) is 2.32. The fourth-order valence-electron chi connectivity index (χ4n) is 1.75. The van der Waals surface area contributed by atoms with Crippen molar-refractivity contribution in [1.82, 2.24) is 9.97 Å². The van der Waals surface area contributed by atoms with E-state index in [0.717, 1.165) is 5.75 Å². The van der Waals surface area contributed by atoms with Gasteiger partial charge in [0, 0.05) is 24.3 Å². The third kappa shape index (κ3) is 2.72. The van der Waals surface area contributed by atoms with Crippen LogP contribution in [0.3, 0.4) is 0 Å². The van der Waals surface area contributed by atoms with Crippen LogP contribution in [0.4, 0.5) is 11.6 Å². The molecular formula is C9H13BrN4O2S2. The number of nitrogens with zero attached hydrogens (tertiary/aromatic N) is 3. The molecule has 1 aromatic rings. The zero-order valence-electron chi connectivity index (χ0n) is 9.71. The summed E-state index contributed by atoms with van der Waals surface area (Å²) in [5.74, 6) is 2.25. The topological polar surface area (TPSA) is 89.2 Å². The van der Waals surface area contributed by atoms with E-state index in [0.29, 0.717) is 28.4 Å². The van der Waals surface area contributed by atoms with Gasteiger partial charge in [0.25, 0.3) is 0 Å². The largest absolute Gasteiger partial charge is 0.383 e. The van der Waals surface area contributed by atoms with Gasteiger partial charge in [-0.25, -0.2) is 18.4 Å². The maximum Gasteiger partial charge on any atom is 0.169 e. The van der Waals surface area contributed by atoms with Crippen molar-refractivity contribution in [3.63, 3.8) is 0 Å². The molecule has 1 aromatic heterocycles. The van der Waals surface area contributed by atoms with Crippen LogP contribution >= 0.6 is 27.7 Å². The van der Waals surface area contributed by atoms with Gasteiger partial charge in [-0.15, -0.1) is 0 Å². The quantitative estimate of drug-likeness (QED) is 0.839. The molecule has 0 bridgehead atoms. The molecule has 0 amide bonds. The van der Waals surface area contributed by atoms with Crippen molar-refractivity contribution in [3.05, 3.63) is 10.8 Å². The van der Waals surface area contributed by atoms with Crippen molar-refractivity contribution in [2.75, 3.05) is 34.9 Å². The van der Waals surface area contributed by atoms with Gasteiger partial charge >= 0.3 is 0 Å². The molecule has 1 saturated heterocycles. The van der Waals surface area contributed by atoms with Crippen LogP contribution in [0.1, 0.15) is 0 Å². The van der Waals surface area contributed by atoms with E-state index in [1.54, 1.807) is 16.7 Å². The minimum Gasteiger partial charge on any atom is -0.383 e. The molecular weight excluding hydrogens is 340 g/mol. The number of nitrogens with two attached hydrogens (primary N) is 1. The van der Waals surface area contributed by atoms with Gasteiger partial charge in [0.15, 0.2) is 9.84 Å². The molecule has 2 N–H and O–H groups in total. The molecule has 9 heteroatoms. The highest BCUT2D eigenvalue weighted by Gasteiger charge is 2.33. The number of aromatic nitrogens is 2. The molecule has 100 valence electrons. The molecule has 1 aliphatic heterocycles. The summed E-state index contributed by atoms with van der Waals surface area (Å²) in [7, 11) is -3.17. The number of rotatable bonds is 2. The van der Waals surface area contributed by atoms with Gasteiger partial charge in [-0.2, -0.15) is 11.8 Å². The Morgan fingerprint density at radius 1 is 1.56 bits per heavy atom. The van der Waals surface area contributed by atoms with Crippen LogP contribution in [0, 0.1) is 0 Å². The van der Waals surface area contributed by atoms with Crippen molar-refractivity contribution in [2.24, 2.45) is 0 Å². The number of hydrogen-bond donors (Lipinski definition) is 1. The van der Waals surface area contributed by atoms with Gasteiger partial charge in [-0.1, -0.05) is 0 Å². The second-order valence-corrected chi connectivity index (χ2v) is 8.10. The summed E-state index contributed by atoms with van der Waals surface area (Å²) < 4.78 is 24.2. The summed E-state index contributed by atoms with van der Waals surface area (Å²) in [4.78, 5) is 9.77. The summed E-state index contributed by atoms with van der Waals surface area (Å²) in [6.45, 7) is 0.622. The molecule has 2 rings (SSSR count). The number of thioether (sulfide) groups is 1. The van der Waals surface area contributed by atoms with Crippen LogP contribution < -0.4 is 10.6 Å². The molecule has 2 heterocycles. The summed E-state index contributed by atoms with van der Waals surface area (Å²) in [5.41, 5.74) is 5.70. The van der Waals surface area contributed by atoms with E-state index in [1.165, 1.54) is 12.6 Å². The average molecular weight is 353 g/mol. The SMILES string of the molecule is CS(=O)(=O)C1CSCCN1c1ncnc(N)c1Br. The van der Waals surface area contributed by atoms with Crippen molar-refractivity contribution >= 4 is 49.2 Å². The smallest absolute Gasteiger partial charge is 0.169 e. The monoisotopic (exact) mass is 352 g/mol. The molecule has 0 radical (unpaired) electrons.